The average Bonchev–Trinajstić information content (AvgIpc) is 2.84. The molecule has 1 saturated heterocycles. The van der Waals surface area contributed by atoms with Crippen molar-refractivity contribution in [3.8, 4) is 0 Å². The van der Waals surface area contributed by atoms with Crippen molar-refractivity contribution in [2.24, 2.45) is 0 Å². The predicted molar refractivity (Wildman–Crippen MR) is 45.7 cm³/mol. The van der Waals surface area contributed by atoms with E-state index in [0.717, 1.165) is 12.1 Å². The summed E-state index contributed by atoms with van der Waals surface area (Å²) in [4.78, 5) is 0. The Kier molecular flexibility index (Phi) is 2.05. The Morgan fingerprint density at radius 2 is 2.14 bits per heavy atom. The van der Waals surface area contributed by atoms with Crippen LogP contribution in [-0.4, -0.2) is 17.8 Å². The first-order chi connectivity index (χ1) is 6.56. The van der Waals surface area contributed by atoms with Crippen molar-refractivity contribution in [2.75, 3.05) is 6.61 Å². The van der Waals surface area contributed by atoms with Gasteiger partial charge in [0, 0.05) is 11.6 Å². The van der Waals surface area contributed by atoms with E-state index in [-0.39, 0.29) is 12.2 Å². The minimum absolute atomic E-state index is 0.217. The van der Waals surface area contributed by atoms with Gasteiger partial charge >= 0.3 is 0 Å². The van der Waals surface area contributed by atoms with Gasteiger partial charge in [-0.3, -0.25) is 0 Å². The Balaban J connectivity index is 2.42. The smallest absolute Gasteiger partial charge is 0.145 e. The van der Waals surface area contributed by atoms with E-state index < -0.39 is 23.3 Å². The third-order valence-corrected chi connectivity index (χ3v) is 2.52. The summed E-state index contributed by atoms with van der Waals surface area (Å²) in [7, 11) is 0. The fourth-order valence-electron chi connectivity index (χ4n) is 1.53. The van der Waals surface area contributed by atoms with Gasteiger partial charge < -0.3 is 9.84 Å². The summed E-state index contributed by atoms with van der Waals surface area (Å²) < 4.78 is 31.0. The van der Waals surface area contributed by atoms with Gasteiger partial charge in [0.05, 0.1) is 12.7 Å². The molecule has 1 N–H and O–H groups in total. The number of hydrogen-bond acceptors (Lipinski definition) is 2. The maximum Gasteiger partial charge on any atom is 0.145 e. The topological polar surface area (TPSA) is 32.8 Å². The molecule has 76 valence electrons. The Morgan fingerprint density at radius 3 is 2.57 bits per heavy atom. The number of hydrogen-bond donors (Lipinski definition) is 1. The molecule has 0 amide bonds. The van der Waals surface area contributed by atoms with Crippen molar-refractivity contribution < 1.29 is 18.6 Å². The first-order valence-electron chi connectivity index (χ1n) is 4.34. The summed E-state index contributed by atoms with van der Waals surface area (Å²) in [5.74, 6) is -1.31. The zero-order valence-electron chi connectivity index (χ0n) is 7.63. The molecule has 1 aliphatic rings. The maximum absolute atomic E-state index is 13.3. The summed E-state index contributed by atoms with van der Waals surface area (Å²) in [6.45, 7) is 1.79. The highest BCUT2D eigenvalue weighted by Gasteiger charge is 2.52. The number of aliphatic hydroxyl groups is 1. The fraction of sp³-hybridized carbons (Fsp3) is 0.400. The quantitative estimate of drug-likeness (QED) is 0.735. The molecule has 14 heavy (non-hydrogen) atoms. The zero-order valence-corrected chi connectivity index (χ0v) is 7.63. The second-order valence-corrected chi connectivity index (χ2v) is 3.48. The van der Waals surface area contributed by atoms with Crippen LogP contribution < -0.4 is 0 Å². The van der Waals surface area contributed by atoms with Gasteiger partial charge in [0.25, 0.3) is 0 Å². The van der Waals surface area contributed by atoms with Crippen LogP contribution in [0.5, 0.6) is 0 Å². The predicted octanol–water partition coefficient (Wildman–Crippen LogP) is 1.57. The minimum Gasteiger partial charge on any atom is -0.390 e. The Labute approximate surface area is 80.1 Å². The van der Waals surface area contributed by atoms with Crippen LogP contribution in [0.2, 0.25) is 0 Å². The van der Waals surface area contributed by atoms with Gasteiger partial charge in [0.1, 0.15) is 17.2 Å². The highest BCUT2D eigenvalue weighted by atomic mass is 19.1. The van der Waals surface area contributed by atoms with Gasteiger partial charge in [-0.2, -0.15) is 0 Å². The molecule has 2 nitrogen and oxygen atoms in total. The van der Waals surface area contributed by atoms with Crippen LogP contribution in [0.15, 0.2) is 18.2 Å². The first kappa shape index (κ1) is 9.55. The van der Waals surface area contributed by atoms with E-state index in [9.17, 15) is 13.9 Å². The molecule has 1 unspecified atom stereocenters. The third kappa shape index (κ3) is 1.31. The molecule has 0 radical (unpaired) electrons. The monoisotopic (exact) mass is 200 g/mol. The lowest BCUT2D eigenvalue weighted by atomic mass is 9.94. The molecule has 1 aromatic rings. The van der Waals surface area contributed by atoms with Crippen molar-refractivity contribution in [2.45, 2.75) is 18.6 Å². The lowest BCUT2D eigenvalue weighted by Crippen LogP contribution is -2.25. The van der Waals surface area contributed by atoms with Gasteiger partial charge in [-0.25, -0.2) is 8.78 Å². The molecule has 0 spiro atoms. The Bertz CT molecular complexity index is 359. The van der Waals surface area contributed by atoms with E-state index in [2.05, 4.69) is 0 Å². The van der Waals surface area contributed by atoms with Crippen LogP contribution in [-0.2, 0) is 10.3 Å². The Morgan fingerprint density at radius 1 is 1.50 bits per heavy atom. The zero-order chi connectivity index (χ0) is 10.3. The van der Waals surface area contributed by atoms with E-state index in [1.807, 2.05) is 0 Å². The van der Waals surface area contributed by atoms with E-state index in [1.54, 1.807) is 0 Å². The number of epoxide rings is 1. The second-order valence-electron chi connectivity index (χ2n) is 3.48. The summed E-state index contributed by atoms with van der Waals surface area (Å²) in [5.41, 5.74) is -0.744. The van der Waals surface area contributed by atoms with Gasteiger partial charge in [0.2, 0.25) is 0 Å². The third-order valence-electron chi connectivity index (χ3n) is 2.52. The molecular formula is C10H10F2O2. The first-order valence-corrected chi connectivity index (χ1v) is 4.34. The molecule has 0 aliphatic carbocycles. The molecule has 2 rings (SSSR count). The largest absolute Gasteiger partial charge is 0.390 e. The van der Waals surface area contributed by atoms with Gasteiger partial charge in [-0.05, 0) is 13.0 Å². The summed E-state index contributed by atoms with van der Waals surface area (Å²) in [6.07, 6.45) is -0.803. The average molecular weight is 200 g/mol. The maximum atomic E-state index is 13.3. The number of halogens is 2. The van der Waals surface area contributed by atoms with Crippen LogP contribution in [0.4, 0.5) is 8.78 Å². The highest BCUT2D eigenvalue weighted by Crippen LogP contribution is 2.43. The van der Waals surface area contributed by atoms with Gasteiger partial charge in [0.15, 0.2) is 0 Å². The van der Waals surface area contributed by atoms with Crippen LogP contribution in [0.1, 0.15) is 12.5 Å². The van der Waals surface area contributed by atoms with E-state index >= 15 is 0 Å². The number of ether oxygens (including phenoxy) is 1. The molecule has 1 heterocycles. The van der Waals surface area contributed by atoms with E-state index in [0.29, 0.717) is 0 Å². The molecule has 1 fully saturated rings. The molecule has 1 aromatic carbocycles. The highest BCUT2D eigenvalue weighted by molar-refractivity contribution is 5.30. The van der Waals surface area contributed by atoms with Crippen molar-refractivity contribution in [1.82, 2.24) is 0 Å². The molecule has 0 bridgehead atoms. The number of rotatable bonds is 2. The number of aliphatic hydroxyl groups excluding tert-OH is 1. The van der Waals surface area contributed by atoms with Crippen LogP contribution in [0.25, 0.3) is 0 Å². The SMILES string of the molecule is CC(O)[C@@]1(c2ccc(F)cc2F)CO1. The van der Waals surface area contributed by atoms with Gasteiger partial charge in [-0.15, -0.1) is 0 Å². The van der Waals surface area contributed by atoms with Crippen LogP contribution in [0, 0.1) is 11.6 Å². The van der Waals surface area contributed by atoms with Gasteiger partial charge in [-0.1, -0.05) is 6.07 Å². The summed E-state index contributed by atoms with van der Waals surface area (Å²) >= 11 is 0. The molecule has 0 saturated carbocycles. The van der Waals surface area contributed by atoms with Crippen molar-refractivity contribution >= 4 is 0 Å². The summed E-state index contributed by atoms with van der Waals surface area (Å²) in [6, 6.07) is 3.26. The standard InChI is InChI=1S/C10H10F2O2/c1-6(13)10(5-14-10)8-3-2-7(11)4-9(8)12/h2-4,6,13H,5H2,1H3/t6?,10-/m1/s1. The lowest BCUT2D eigenvalue weighted by molar-refractivity contribution is 0.0863. The normalized spacial score (nSPS) is 27.4. The minimum atomic E-state index is -0.961. The fourth-order valence-corrected chi connectivity index (χ4v) is 1.53. The number of benzene rings is 1. The van der Waals surface area contributed by atoms with Crippen LogP contribution >= 0.6 is 0 Å². The van der Waals surface area contributed by atoms with Crippen molar-refractivity contribution in [1.29, 1.82) is 0 Å². The van der Waals surface area contributed by atoms with Crippen molar-refractivity contribution in [3.05, 3.63) is 35.4 Å². The molecule has 0 aromatic heterocycles. The van der Waals surface area contributed by atoms with Crippen molar-refractivity contribution in [3.63, 3.8) is 0 Å². The lowest BCUT2D eigenvalue weighted by Gasteiger charge is -2.15. The Hall–Kier alpha value is -1.00. The van der Waals surface area contributed by atoms with Crippen LogP contribution in [0.3, 0.4) is 0 Å². The van der Waals surface area contributed by atoms with E-state index in [4.69, 9.17) is 4.74 Å². The second kappa shape index (κ2) is 3.00. The van der Waals surface area contributed by atoms with E-state index in [1.165, 1.54) is 13.0 Å². The molecule has 1 aliphatic heterocycles. The summed E-state index contributed by atoms with van der Waals surface area (Å²) in [5, 5.41) is 9.40. The molecular weight excluding hydrogens is 190 g/mol. The molecule has 4 heteroatoms. The molecule has 2 atom stereocenters.